The number of aliphatic carboxylic acids is 1. The Morgan fingerprint density at radius 3 is 2.31 bits per heavy atom. The number of carbonyl (C=O) groups is 3. The van der Waals surface area contributed by atoms with Gasteiger partial charge < -0.3 is 14.9 Å². The maximum absolute atomic E-state index is 12.8. The normalized spacial score (nSPS) is 17.5. The molecular formula is C26H28N4O4S. The van der Waals surface area contributed by atoms with Gasteiger partial charge in [0.25, 0.3) is 5.91 Å². The fourth-order valence-corrected chi connectivity index (χ4v) is 5.91. The Balaban J connectivity index is 1.16. The van der Waals surface area contributed by atoms with E-state index < -0.39 is 11.4 Å². The van der Waals surface area contributed by atoms with Gasteiger partial charge in [-0.3, -0.25) is 19.7 Å². The molecule has 3 aromatic rings. The summed E-state index contributed by atoms with van der Waals surface area (Å²) >= 11 is 1.44. The molecule has 8 nitrogen and oxygen atoms in total. The van der Waals surface area contributed by atoms with E-state index in [2.05, 4.69) is 15.2 Å². The summed E-state index contributed by atoms with van der Waals surface area (Å²) in [5.74, 6) is -1.10. The number of carbonyl (C=O) groups excluding carboxylic acids is 2. The van der Waals surface area contributed by atoms with E-state index in [1.165, 1.54) is 11.3 Å². The summed E-state index contributed by atoms with van der Waals surface area (Å²) in [5, 5.41) is 13.1. The molecule has 2 aliphatic rings. The first-order valence-corrected chi connectivity index (χ1v) is 12.8. The van der Waals surface area contributed by atoms with Crippen LogP contribution in [0.3, 0.4) is 0 Å². The standard InChI is InChI=1S/C26H28N4O4S/c31-22(17-26(24(33)34)11-3-4-12-26)30-15-13-29(14-16-30)19-9-7-18(8-10-19)23(32)28-25-27-20-5-1-2-6-21(20)35-25/h1-2,5-10H,3-4,11-17H2,(H,33,34)(H,27,28,32). The van der Waals surface area contributed by atoms with Crippen LogP contribution in [0.1, 0.15) is 42.5 Å². The van der Waals surface area contributed by atoms with Crippen LogP contribution in [-0.4, -0.2) is 59.0 Å². The second-order valence-corrected chi connectivity index (χ2v) is 10.4. The predicted molar refractivity (Wildman–Crippen MR) is 136 cm³/mol. The highest BCUT2D eigenvalue weighted by Crippen LogP contribution is 2.42. The fraction of sp³-hybridized carbons (Fsp3) is 0.385. The minimum absolute atomic E-state index is 0.0594. The topological polar surface area (TPSA) is 103 Å². The zero-order valence-corrected chi connectivity index (χ0v) is 20.2. The van der Waals surface area contributed by atoms with Crippen LogP contribution in [0.4, 0.5) is 10.8 Å². The number of nitrogens with one attached hydrogen (secondary N) is 1. The largest absolute Gasteiger partial charge is 0.481 e. The zero-order valence-electron chi connectivity index (χ0n) is 19.4. The first kappa shape index (κ1) is 23.3. The molecule has 0 spiro atoms. The third-order valence-electron chi connectivity index (χ3n) is 7.15. The number of fused-ring (bicyclic) bond motifs is 1. The Labute approximate surface area is 207 Å². The van der Waals surface area contributed by atoms with Gasteiger partial charge >= 0.3 is 5.97 Å². The highest BCUT2D eigenvalue weighted by atomic mass is 32.1. The maximum atomic E-state index is 12.8. The van der Waals surface area contributed by atoms with E-state index in [9.17, 15) is 19.5 Å². The molecule has 0 unspecified atom stereocenters. The van der Waals surface area contributed by atoms with Gasteiger partial charge in [0.2, 0.25) is 5.91 Å². The average molecular weight is 493 g/mol. The van der Waals surface area contributed by atoms with Gasteiger partial charge in [-0.25, -0.2) is 4.98 Å². The van der Waals surface area contributed by atoms with Crippen LogP contribution in [0.5, 0.6) is 0 Å². The van der Waals surface area contributed by atoms with Gasteiger partial charge in [0.1, 0.15) is 0 Å². The number of para-hydroxylation sites is 1. The van der Waals surface area contributed by atoms with Gasteiger partial charge in [-0.2, -0.15) is 0 Å². The van der Waals surface area contributed by atoms with Gasteiger partial charge in [0, 0.05) is 43.9 Å². The van der Waals surface area contributed by atoms with E-state index >= 15 is 0 Å². The molecule has 2 aromatic carbocycles. The molecule has 2 amide bonds. The number of nitrogens with zero attached hydrogens (tertiary/aromatic N) is 3. The first-order chi connectivity index (χ1) is 16.9. The lowest BCUT2D eigenvalue weighted by atomic mass is 9.82. The van der Waals surface area contributed by atoms with Crippen LogP contribution in [0.15, 0.2) is 48.5 Å². The molecule has 35 heavy (non-hydrogen) atoms. The number of carboxylic acid groups (broad SMARTS) is 1. The Bertz CT molecular complexity index is 1210. The van der Waals surface area contributed by atoms with Crippen LogP contribution < -0.4 is 10.2 Å². The first-order valence-electron chi connectivity index (χ1n) is 12.0. The van der Waals surface area contributed by atoms with E-state index in [0.717, 1.165) is 28.7 Å². The number of benzene rings is 2. The van der Waals surface area contributed by atoms with Crippen molar-refractivity contribution in [3.8, 4) is 0 Å². The minimum atomic E-state index is -0.879. The van der Waals surface area contributed by atoms with Gasteiger partial charge in [0.05, 0.1) is 15.6 Å². The minimum Gasteiger partial charge on any atom is -0.481 e. The van der Waals surface area contributed by atoms with Crippen molar-refractivity contribution in [3.63, 3.8) is 0 Å². The molecule has 5 rings (SSSR count). The molecule has 1 saturated carbocycles. The summed E-state index contributed by atoms with van der Waals surface area (Å²) in [6.07, 6.45) is 3.03. The second-order valence-electron chi connectivity index (χ2n) is 9.32. The number of piperazine rings is 1. The maximum Gasteiger partial charge on any atom is 0.310 e. The average Bonchev–Trinajstić information content (AvgIpc) is 3.51. The van der Waals surface area contributed by atoms with Crippen LogP contribution in [0.2, 0.25) is 0 Å². The summed E-state index contributed by atoms with van der Waals surface area (Å²) in [5.41, 5.74) is 1.53. The van der Waals surface area contributed by atoms with Crippen molar-refractivity contribution in [2.45, 2.75) is 32.1 Å². The van der Waals surface area contributed by atoms with E-state index in [0.29, 0.717) is 49.7 Å². The van der Waals surface area contributed by atoms with Gasteiger partial charge in [0.15, 0.2) is 5.13 Å². The third-order valence-corrected chi connectivity index (χ3v) is 8.10. The van der Waals surface area contributed by atoms with E-state index in [-0.39, 0.29) is 18.2 Å². The molecule has 1 aliphatic heterocycles. The highest BCUT2D eigenvalue weighted by molar-refractivity contribution is 7.22. The number of amides is 2. The zero-order chi connectivity index (χ0) is 24.4. The molecule has 2 N–H and O–H groups in total. The molecule has 1 aliphatic carbocycles. The summed E-state index contributed by atoms with van der Waals surface area (Å²) in [7, 11) is 0. The summed E-state index contributed by atoms with van der Waals surface area (Å²) in [6.45, 7) is 2.47. The molecule has 1 saturated heterocycles. The van der Waals surface area contributed by atoms with Gasteiger partial charge in [-0.05, 0) is 49.2 Å². The van der Waals surface area contributed by atoms with Crippen molar-refractivity contribution in [1.29, 1.82) is 0 Å². The van der Waals surface area contributed by atoms with Gasteiger partial charge in [-0.15, -0.1) is 0 Å². The van der Waals surface area contributed by atoms with Crippen molar-refractivity contribution in [3.05, 3.63) is 54.1 Å². The summed E-state index contributed by atoms with van der Waals surface area (Å²) < 4.78 is 1.03. The molecule has 0 bridgehead atoms. The lowest BCUT2D eigenvalue weighted by Crippen LogP contribution is -2.50. The number of hydrogen-bond acceptors (Lipinski definition) is 6. The lowest BCUT2D eigenvalue weighted by Gasteiger charge is -2.37. The smallest absolute Gasteiger partial charge is 0.310 e. The predicted octanol–water partition coefficient (Wildman–Crippen LogP) is 4.23. The second kappa shape index (κ2) is 9.65. The number of rotatable bonds is 6. The van der Waals surface area contributed by atoms with Crippen LogP contribution >= 0.6 is 11.3 Å². The van der Waals surface area contributed by atoms with Crippen molar-refractivity contribution in [1.82, 2.24) is 9.88 Å². The Morgan fingerprint density at radius 2 is 1.66 bits per heavy atom. The summed E-state index contributed by atoms with van der Waals surface area (Å²) in [6, 6.07) is 15.2. The Morgan fingerprint density at radius 1 is 0.971 bits per heavy atom. The van der Waals surface area contributed by atoms with Gasteiger partial charge in [-0.1, -0.05) is 36.3 Å². The van der Waals surface area contributed by atoms with Crippen LogP contribution in [-0.2, 0) is 9.59 Å². The van der Waals surface area contributed by atoms with Crippen LogP contribution in [0, 0.1) is 5.41 Å². The quantitative estimate of drug-likeness (QED) is 0.534. The Kier molecular flexibility index (Phi) is 6.42. The van der Waals surface area contributed by atoms with Crippen molar-refractivity contribution >= 4 is 50.2 Å². The number of aromatic nitrogens is 1. The number of hydrogen-bond donors (Lipinski definition) is 2. The number of carboxylic acids is 1. The molecule has 0 atom stereocenters. The Hall–Kier alpha value is -3.46. The lowest BCUT2D eigenvalue weighted by molar-refractivity contribution is -0.153. The fourth-order valence-electron chi connectivity index (χ4n) is 5.05. The van der Waals surface area contributed by atoms with Crippen molar-refractivity contribution < 1.29 is 19.5 Å². The highest BCUT2D eigenvalue weighted by Gasteiger charge is 2.44. The molecule has 9 heteroatoms. The molecule has 2 heterocycles. The summed E-state index contributed by atoms with van der Waals surface area (Å²) in [4.78, 5) is 45.7. The molecule has 0 radical (unpaired) electrons. The SMILES string of the molecule is O=C(Nc1nc2ccccc2s1)c1ccc(N2CCN(C(=O)CC3(C(=O)O)CCCC3)CC2)cc1. The molecular weight excluding hydrogens is 464 g/mol. The number of anilines is 2. The molecule has 182 valence electrons. The molecule has 1 aromatic heterocycles. The van der Waals surface area contributed by atoms with Crippen molar-refractivity contribution in [2.75, 3.05) is 36.4 Å². The monoisotopic (exact) mass is 492 g/mol. The van der Waals surface area contributed by atoms with Crippen molar-refractivity contribution in [2.24, 2.45) is 5.41 Å². The van der Waals surface area contributed by atoms with E-state index in [1.54, 1.807) is 17.0 Å². The van der Waals surface area contributed by atoms with Crippen LogP contribution in [0.25, 0.3) is 10.2 Å². The van der Waals surface area contributed by atoms with E-state index in [4.69, 9.17) is 0 Å². The van der Waals surface area contributed by atoms with E-state index in [1.807, 2.05) is 36.4 Å². The molecule has 2 fully saturated rings. The third kappa shape index (κ3) is 4.86. The number of thiazole rings is 1.